The Morgan fingerprint density at radius 1 is 1.53 bits per heavy atom. The van der Waals surface area contributed by atoms with Gasteiger partial charge in [-0.3, -0.25) is 14.6 Å². The molecule has 0 saturated carbocycles. The molecule has 0 spiro atoms. The highest BCUT2D eigenvalue weighted by Gasteiger charge is 2.18. The lowest BCUT2D eigenvalue weighted by molar-refractivity contribution is -0.119. The zero-order chi connectivity index (χ0) is 12.7. The van der Waals surface area contributed by atoms with E-state index in [0.717, 1.165) is 0 Å². The van der Waals surface area contributed by atoms with E-state index < -0.39 is 17.9 Å². The molecule has 2 amide bonds. The van der Waals surface area contributed by atoms with Crippen molar-refractivity contribution < 1.29 is 9.59 Å². The number of primary amides is 1. The van der Waals surface area contributed by atoms with Crippen molar-refractivity contribution >= 4 is 11.8 Å². The van der Waals surface area contributed by atoms with Gasteiger partial charge in [0, 0.05) is 6.20 Å². The fourth-order valence-corrected chi connectivity index (χ4v) is 1.30. The topological polar surface area (TPSA) is 85.1 Å². The normalized spacial score (nSPS) is 11.5. The van der Waals surface area contributed by atoms with E-state index in [-0.39, 0.29) is 5.69 Å². The van der Waals surface area contributed by atoms with Gasteiger partial charge in [0.2, 0.25) is 5.91 Å². The number of nitrogens with two attached hydrogens (primary N) is 1. The number of amides is 2. The fraction of sp³-hybridized carbons (Fsp3) is 0.250. The molecule has 1 rings (SSSR count). The summed E-state index contributed by atoms with van der Waals surface area (Å²) in [4.78, 5) is 26.7. The Hall–Kier alpha value is -2.17. The smallest absolute Gasteiger partial charge is 0.270 e. The number of nitrogens with zero attached hydrogens (tertiary/aromatic N) is 1. The van der Waals surface area contributed by atoms with E-state index in [4.69, 9.17) is 5.73 Å². The Labute approximate surface area is 99.7 Å². The minimum Gasteiger partial charge on any atom is -0.368 e. The average Bonchev–Trinajstić information content (AvgIpc) is 2.35. The molecule has 0 bridgehead atoms. The first kappa shape index (κ1) is 12.9. The van der Waals surface area contributed by atoms with Gasteiger partial charge in [-0.25, -0.2) is 0 Å². The number of aromatic nitrogens is 1. The van der Waals surface area contributed by atoms with Crippen LogP contribution in [0.4, 0.5) is 0 Å². The summed E-state index contributed by atoms with van der Waals surface area (Å²) in [6.07, 6.45) is 4.23. The number of carbonyl (C=O) groups excluding carboxylic acids is 2. The summed E-state index contributed by atoms with van der Waals surface area (Å²) in [5.74, 6) is -0.963. The maximum Gasteiger partial charge on any atom is 0.270 e. The van der Waals surface area contributed by atoms with E-state index in [1.165, 1.54) is 6.20 Å². The Morgan fingerprint density at radius 3 is 2.82 bits per heavy atom. The predicted octanol–water partition coefficient (Wildman–Crippen LogP) is 0.631. The Morgan fingerprint density at radius 2 is 2.29 bits per heavy atom. The largest absolute Gasteiger partial charge is 0.368 e. The van der Waals surface area contributed by atoms with E-state index >= 15 is 0 Å². The zero-order valence-corrected chi connectivity index (χ0v) is 9.43. The Bertz CT molecular complexity index is 403. The van der Waals surface area contributed by atoms with Crippen molar-refractivity contribution in [1.82, 2.24) is 10.3 Å². The van der Waals surface area contributed by atoms with E-state index in [9.17, 15) is 9.59 Å². The number of rotatable bonds is 6. The third kappa shape index (κ3) is 4.06. The first-order valence-corrected chi connectivity index (χ1v) is 5.27. The monoisotopic (exact) mass is 233 g/mol. The van der Waals surface area contributed by atoms with Crippen molar-refractivity contribution in [3.8, 4) is 0 Å². The third-order valence-corrected chi connectivity index (χ3v) is 2.21. The van der Waals surface area contributed by atoms with Gasteiger partial charge in [0.25, 0.3) is 5.91 Å². The minimum atomic E-state index is -0.692. The van der Waals surface area contributed by atoms with Crippen LogP contribution in [-0.4, -0.2) is 22.8 Å². The highest BCUT2D eigenvalue weighted by molar-refractivity contribution is 5.95. The number of hydrogen-bond donors (Lipinski definition) is 2. The first-order chi connectivity index (χ1) is 8.15. The number of allylic oxidation sites excluding steroid dienone is 1. The summed E-state index contributed by atoms with van der Waals surface area (Å²) in [5.41, 5.74) is 5.46. The van der Waals surface area contributed by atoms with Gasteiger partial charge in [0.15, 0.2) is 0 Å². The number of carbonyl (C=O) groups is 2. The van der Waals surface area contributed by atoms with E-state index in [2.05, 4.69) is 16.9 Å². The van der Waals surface area contributed by atoms with Crippen LogP contribution in [0.1, 0.15) is 23.3 Å². The maximum absolute atomic E-state index is 11.7. The molecule has 17 heavy (non-hydrogen) atoms. The van der Waals surface area contributed by atoms with Crippen molar-refractivity contribution in [2.24, 2.45) is 5.73 Å². The van der Waals surface area contributed by atoms with Gasteiger partial charge >= 0.3 is 0 Å². The van der Waals surface area contributed by atoms with Gasteiger partial charge < -0.3 is 11.1 Å². The van der Waals surface area contributed by atoms with Gasteiger partial charge in [-0.1, -0.05) is 12.1 Å². The predicted molar refractivity (Wildman–Crippen MR) is 64.1 cm³/mol. The average molecular weight is 233 g/mol. The van der Waals surface area contributed by atoms with Crippen LogP contribution in [0.15, 0.2) is 37.1 Å². The molecule has 1 heterocycles. The minimum absolute atomic E-state index is 0.261. The quantitative estimate of drug-likeness (QED) is 0.707. The Balaban J connectivity index is 2.64. The Kier molecular flexibility index (Phi) is 4.87. The van der Waals surface area contributed by atoms with Crippen LogP contribution in [0.3, 0.4) is 0 Å². The molecule has 0 aliphatic carbocycles. The molecule has 0 aliphatic heterocycles. The van der Waals surface area contributed by atoms with Crippen LogP contribution in [0.25, 0.3) is 0 Å². The maximum atomic E-state index is 11.7. The van der Waals surface area contributed by atoms with E-state index in [1.54, 1.807) is 24.3 Å². The van der Waals surface area contributed by atoms with Gasteiger partial charge in [-0.2, -0.15) is 0 Å². The number of nitrogens with one attached hydrogen (secondary N) is 1. The van der Waals surface area contributed by atoms with Crippen LogP contribution >= 0.6 is 0 Å². The second kappa shape index (κ2) is 6.42. The van der Waals surface area contributed by atoms with Gasteiger partial charge in [-0.15, -0.1) is 6.58 Å². The standard InChI is InChI=1S/C12H15N3O2/c1-2-3-6-9(11(13)16)15-12(17)10-7-4-5-8-14-10/h2,4-5,7-9H,1,3,6H2,(H2,13,16)(H,15,17)/t9-/m0/s1. The molecule has 1 aromatic rings. The summed E-state index contributed by atoms with van der Waals surface area (Å²) in [6, 6.07) is 4.29. The van der Waals surface area contributed by atoms with Crippen LogP contribution in [0.5, 0.6) is 0 Å². The molecule has 0 unspecified atom stereocenters. The molecule has 0 aliphatic rings. The SMILES string of the molecule is C=CCC[C@H](NC(=O)c1ccccn1)C(N)=O. The summed E-state index contributed by atoms with van der Waals surface area (Å²) in [5, 5.41) is 2.54. The van der Waals surface area contributed by atoms with Crippen LogP contribution in [0.2, 0.25) is 0 Å². The van der Waals surface area contributed by atoms with Crippen molar-refractivity contribution in [2.45, 2.75) is 18.9 Å². The van der Waals surface area contributed by atoms with Crippen molar-refractivity contribution in [3.05, 3.63) is 42.7 Å². The van der Waals surface area contributed by atoms with Gasteiger partial charge in [0.05, 0.1) is 0 Å². The van der Waals surface area contributed by atoms with Gasteiger partial charge in [-0.05, 0) is 25.0 Å². The molecule has 90 valence electrons. The summed E-state index contributed by atoms with van der Waals surface area (Å²) in [6.45, 7) is 3.55. The molecule has 3 N–H and O–H groups in total. The lowest BCUT2D eigenvalue weighted by atomic mass is 10.1. The molecule has 5 nitrogen and oxygen atoms in total. The second-order valence-corrected chi connectivity index (χ2v) is 3.51. The summed E-state index contributed by atoms with van der Waals surface area (Å²) in [7, 11) is 0. The van der Waals surface area contributed by atoms with Crippen molar-refractivity contribution in [2.75, 3.05) is 0 Å². The van der Waals surface area contributed by atoms with Crippen LogP contribution in [-0.2, 0) is 4.79 Å². The lowest BCUT2D eigenvalue weighted by Gasteiger charge is -2.13. The highest BCUT2D eigenvalue weighted by Crippen LogP contribution is 2.00. The fourth-order valence-electron chi connectivity index (χ4n) is 1.30. The molecule has 5 heteroatoms. The van der Waals surface area contributed by atoms with Crippen molar-refractivity contribution in [1.29, 1.82) is 0 Å². The number of hydrogen-bond acceptors (Lipinski definition) is 3. The first-order valence-electron chi connectivity index (χ1n) is 5.27. The van der Waals surface area contributed by atoms with Crippen LogP contribution in [0, 0.1) is 0 Å². The molecular formula is C12H15N3O2. The molecule has 1 aromatic heterocycles. The van der Waals surface area contributed by atoms with Crippen LogP contribution < -0.4 is 11.1 Å². The van der Waals surface area contributed by atoms with Gasteiger partial charge in [0.1, 0.15) is 11.7 Å². The summed E-state index contributed by atoms with van der Waals surface area (Å²) < 4.78 is 0. The number of pyridine rings is 1. The lowest BCUT2D eigenvalue weighted by Crippen LogP contribution is -2.44. The molecule has 1 atom stereocenters. The summed E-state index contributed by atoms with van der Waals surface area (Å²) >= 11 is 0. The van der Waals surface area contributed by atoms with E-state index in [1.807, 2.05) is 0 Å². The third-order valence-electron chi connectivity index (χ3n) is 2.21. The molecular weight excluding hydrogens is 218 g/mol. The zero-order valence-electron chi connectivity index (χ0n) is 9.43. The molecule has 0 fully saturated rings. The molecule has 0 saturated heterocycles. The van der Waals surface area contributed by atoms with Crippen molar-refractivity contribution in [3.63, 3.8) is 0 Å². The molecule has 0 aromatic carbocycles. The van der Waals surface area contributed by atoms with E-state index in [0.29, 0.717) is 12.8 Å². The molecule has 0 radical (unpaired) electrons. The second-order valence-electron chi connectivity index (χ2n) is 3.51. The highest BCUT2D eigenvalue weighted by atomic mass is 16.2.